The summed E-state index contributed by atoms with van der Waals surface area (Å²) in [6.07, 6.45) is 0. The number of carbonyl (C=O) groups is 3. The molecule has 1 aliphatic heterocycles. The molecule has 5 rings (SSSR count). The van der Waals surface area contributed by atoms with Crippen LogP contribution < -0.4 is 10.0 Å². The number of aromatic nitrogens is 2. The van der Waals surface area contributed by atoms with Crippen LogP contribution in [-0.4, -0.2) is 27.8 Å². The van der Waals surface area contributed by atoms with E-state index in [1.165, 1.54) is 18.2 Å². The topological polar surface area (TPSA) is 106 Å². The molecule has 0 spiro atoms. The molecule has 3 aromatic carbocycles. The number of amides is 2. The second-order valence-corrected chi connectivity index (χ2v) is 6.64. The average molecular weight is 382 g/mol. The van der Waals surface area contributed by atoms with E-state index in [4.69, 9.17) is 0 Å². The fourth-order valence-corrected chi connectivity index (χ4v) is 3.46. The third kappa shape index (κ3) is 2.60. The van der Waals surface area contributed by atoms with Gasteiger partial charge in [-0.3, -0.25) is 9.59 Å². The summed E-state index contributed by atoms with van der Waals surface area (Å²) in [5.74, 6) is -1.78. The predicted octanol–water partition coefficient (Wildman–Crippen LogP) is 2.39. The molecule has 1 aliphatic rings. The molecule has 2 heterocycles. The largest absolute Gasteiger partial charge is 0.545 e. The highest BCUT2D eigenvalue weighted by molar-refractivity contribution is 6.34. The predicted molar refractivity (Wildman–Crippen MR) is 103 cm³/mol. The van der Waals surface area contributed by atoms with Gasteiger partial charge in [0, 0.05) is 5.56 Å². The summed E-state index contributed by atoms with van der Waals surface area (Å²) in [5, 5.41) is 11.0. The molecule has 0 bridgehead atoms. The number of para-hydroxylation sites is 2. The number of rotatable bonds is 3. The van der Waals surface area contributed by atoms with E-state index in [1.54, 1.807) is 24.3 Å². The minimum Gasteiger partial charge on any atom is -0.545 e. The first-order valence-corrected chi connectivity index (χ1v) is 8.82. The van der Waals surface area contributed by atoms with Gasteiger partial charge in [0.25, 0.3) is 11.8 Å². The Kier molecular flexibility index (Phi) is 3.57. The fraction of sp³-hybridized carbons (Fsp3) is 0. The maximum absolute atomic E-state index is 12.7. The lowest BCUT2D eigenvalue weighted by Crippen LogP contribution is -2.29. The Morgan fingerprint density at radius 2 is 1.62 bits per heavy atom. The Labute approximate surface area is 164 Å². The van der Waals surface area contributed by atoms with Crippen molar-refractivity contribution in [1.29, 1.82) is 0 Å². The molecule has 0 radical (unpaired) electrons. The lowest BCUT2D eigenvalue weighted by molar-refractivity contribution is -0.255. The minimum absolute atomic E-state index is 0.0538. The lowest BCUT2D eigenvalue weighted by Gasteiger charge is -2.14. The first-order valence-electron chi connectivity index (χ1n) is 8.82. The van der Waals surface area contributed by atoms with E-state index < -0.39 is 17.8 Å². The Hall–Kier alpha value is -4.26. The van der Waals surface area contributed by atoms with Crippen molar-refractivity contribution >= 4 is 34.5 Å². The van der Waals surface area contributed by atoms with Gasteiger partial charge in [0.1, 0.15) is 5.82 Å². The Morgan fingerprint density at radius 1 is 0.897 bits per heavy atom. The van der Waals surface area contributed by atoms with Gasteiger partial charge in [0.05, 0.1) is 33.8 Å². The van der Waals surface area contributed by atoms with Crippen LogP contribution in [0.3, 0.4) is 0 Å². The van der Waals surface area contributed by atoms with Gasteiger partial charge in [-0.25, -0.2) is 9.88 Å². The highest BCUT2D eigenvalue weighted by Crippen LogP contribution is 2.30. The van der Waals surface area contributed by atoms with Crippen LogP contribution in [0.15, 0.2) is 66.7 Å². The maximum Gasteiger partial charge on any atom is 0.266 e. The third-order valence-corrected chi connectivity index (χ3v) is 4.91. The summed E-state index contributed by atoms with van der Waals surface area (Å²) in [5.41, 5.74) is 3.03. The fourth-order valence-electron chi connectivity index (χ4n) is 3.46. The van der Waals surface area contributed by atoms with E-state index in [-0.39, 0.29) is 16.7 Å². The molecular formula is C22H12N3O4-. The molecule has 0 saturated heterocycles. The van der Waals surface area contributed by atoms with Gasteiger partial charge >= 0.3 is 0 Å². The molecule has 4 aromatic rings. The SMILES string of the molecule is O=C([O-])c1ccc2c(c1)C(=O)N(c1ccc(-c3nc4ccccc4[nH]3)cc1)C2=O. The number of hydrogen-bond acceptors (Lipinski definition) is 5. The van der Waals surface area contributed by atoms with E-state index >= 15 is 0 Å². The lowest BCUT2D eigenvalue weighted by atomic mass is 10.1. The molecule has 0 unspecified atom stereocenters. The van der Waals surface area contributed by atoms with E-state index in [2.05, 4.69) is 9.97 Å². The monoisotopic (exact) mass is 382 g/mol. The highest BCUT2D eigenvalue weighted by atomic mass is 16.4. The number of fused-ring (bicyclic) bond motifs is 2. The number of carbonyl (C=O) groups excluding carboxylic acids is 3. The molecule has 7 heteroatoms. The Balaban J connectivity index is 1.49. The summed E-state index contributed by atoms with van der Waals surface area (Å²) in [6, 6.07) is 18.3. The molecule has 0 saturated carbocycles. The first-order chi connectivity index (χ1) is 14.0. The number of hydrogen-bond donors (Lipinski definition) is 1. The molecular weight excluding hydrogens is 370 g/mol. The van der Waals surface area contributed by atoms with Crippen LogP contribution in [-0.2, 0) is 0 Å². The smallest absolute Gasteiger partial charge is 0.266 e. The standard InChI is InChI=1S/C22H13N3O4/c26-20-15-10-7-13(22(28)29)11-16(15)21(27)25(20)14-8-5-12(6-9-14)19-23-17-3-1-2-4-18(17)24-19/h1-11H,(H,23,24)(H,28,29)/p-1. The van der Waals surface area contributed by atoms with E-state index in [9.17, 15) is 19.5 Å². The van der Waals surface area contributed by atoms with Crippen molar-refractivity contribution in [1.82, 2.24) is 9.97 Å². The number of carboxylic acid groups (broad SMARTS) is 1. The zero-order chi connectivity index (χ0) is 20.1. The van der Waals surface area contributed by atoms with Crippen LogP contribution in [0.4, 0.5) is 5.69 Å². The zero-order valence-corrected chi connectivity index (χ0v) is 14.9. The first kappa shape index (κ1) is 16.9. The summed E-state index contributed by atoms with van der Waals surface area (Å²) in [6.45, 7) is 0. The van der Waals surface area contributed by atoms with Gasteiger partial charge in [-0.1, -0.05) is 18.2 Å². The van der Waals surface area contributed by atoms with E-state index in [0.717, 1.165) is 21.5 Å². The Morgan fingerprint density at radius 3 is 2.34 bits per heavy atom. The number of imide groups is 1. The van der Waals surface area contributed by atoms with Crippen molar-refractivity contribution in [2.75, 3.05) is 4.90 Å². The van der Waals surface area contributed by atoms with Crippen molar-refractivity contribution in [3.8, 4) is 11.4 Å². The summed E-state index contributed by atoms with van der Waals surface area (Å²) >= 11 is 0. The molecule has 29 heavy (non-hydrogen) atoms. The number of carboxylic acids is 1. The maximum atomic E-state index is 12.7. The van der Waals surface area contributed by atoms with Crippen LogP contribution in [0.2, 0.25) is 0 Å². The van der Waals surface area contributed by atoms with Crippen LogP contribution >= 0.6 is 0 Å². The van der Waals surface area contributed by atoms with Gasteiger partial charge in [-0.05, 0) is 54.1 Å². The molecule has 1 aromatic heterocycles. The molecule has 0 atom stereocenters. The molecule has 2 amide bonds. The van der Waals surface area contributed by atoms with Gasteiger partial charge in [0.2, 0.25) is 0 Å². The molecule has 140 valence electrons. The van der Waals surface area contributed by atoms with Crippen LogP contribution in [0, 0.1) is 0 Å². The van der Waals surface area contributed by atoms with Crippen molar-refractivity contribution in [2.45, 2.75) is 0 Å². The molecule has 0 aliphatic carbocycles. The summed E-state index contributed by atoms with van der Waals surface area (Å²) in [4.78, 5) is 45.3. The van der Waals surface area contributed by atoms with Gasteiger partial charge < -0.3 is 14.9 Å². The van der Waals surface area contributed by atoms with Crippen LogP contribution in [0.5, 0.6) is 0 Å². The van der Waals surface area contributed by atoms with Crippen LogP contribution in [0.25, 0.3) is 22.4 Å². The molecule has 0 fully saturated rings. The highest BCUT2D eigenvalue weighted by Gasteiger charge is 2.36. The van der Waals surface area contributed by atoms with Gasteiger partial charge in [-0.2, -0.15) is 0 Å². The Bertz CT molecular complexity index is 1290. The third-order valence-electron chi connectivity index (χ3n) is 4.91. The number of H-pyrrole nitrogens is 1. The second-order valence-electron chi connectivity index (χ2n) is 6.64. The second kappa shape index (κ2) is 6.13. The summed E-state index contributed by atoms with van der Waals surface area (Å²) in [7, 11) is 0. The zero-order valence-electron chi connectivity index (χ0n) is 14.9. The number of nitrogens with one attached hydrogen (secondary N) is 1. The number of imidazole rings is 1. The van der Waals surface area contributed by atoms with E-state index in [0.29, 0.717) is 11.5 Å². The normalized spacial score (nSPS) is 13.2. The van der Waals surface area contributed by atoms with Crippen molar-refractivity contribution in [3.05, 3.63) is 83.4 Å². The van der Waals surface area contributed by atoms with E-state index in [1.807, 2.05) is 24.3 Å². The van der Waals surface area contributed by atoms with Gasteiger partial charge in [-0.15, -0.1) is 0 Å². The van der Waals surface area contributed by atoms with Crippen LogP contribution in [0.1, 0.15) is 31.1 Å². The quantitative estimate of drug-likeness (QED) is 0.548. The number of benzene rings is 3. The number of anilines is 1. The minimum atomic E-state index is -1.40. The summed E-state index contributed by atoms with van der Waals surface area (Å²) < 4.78 is 0. The number of nitrogens with zero attached hydrogens (tertiary/aromatic N) is 2. The molecule has 7 nitrogen and oxygen atoms in total. The van der Waals surface area contributed by atoms with Crippen molar-refractivity contribution in [2.24, 2.45) is 0 Å². The number of aromatic carboxylic acids is 1. The van der Waals surface area contributed by atoms with Gasteiger partial charge in [0.15, 0.2) is 0 Å². The average Bonchev–Trinajstić information content (AvgIpc) is 3.27. The molecule has 1 N–H and O–H groups in total. The number of aromatic amines is 1. The van der Waals surface area contributed by atoms with Crippen molar-refractivity contribution in [3.63, 3.8) is 0 Å². The van der Waals surface area contributed by atoms with Crippen molar-refractivity contribution < 1.29 is 19.5 Å².